The van der Waals surface area contributed by atoms with Crippen LogP contribution in [0.4, 0.5) is 5.82 Å². The van der Waals surface area contributed by atoms with Gasteiger partial charge in [-0.25, -0.2) is 5.84 Å². The Morgan fingerprint density at radius 3 is 2.69 bits per heavy atom. The average Bonchev–Trinajstić information content (AvgIpc) is 2.59. The predicted octanol–water partition coefficient (Wildman–Crippen LogP) is 1.000. The van der Waals surface area contributed by atoms with Crippen molar-refractivity contribution in [3.05, 3.63) is 41.3 Å². The van der Waals surface area contributed by atoms with E-state index in [4.69, 9.17) is 5.84 Å². The lowest BCUT2D eigenvalue weighted by Crippen LogP contribution is -2.09. The lowest BCUT2D eigenvalue weighted by atomic mass is 10.2. The molecule has 0 aliphatic rings. The second-order valence-electron chi connectivity index (χ2n) is 3.85. The highest BCUT2D eigenvalue weighted by Gasteiger charge is 2.03. The summed E-state index contributed by atoms with van der Waals surface area (Å²) in [5, 5.41) is 8.02. The van der Waals surface area contributed by atoms with Gasteiger partial charge in [0.25, 0.3) is 0 Å². The second-order valence-corrected chi connectivity index (χ2v) is 3.85. The molecule has 0 saturated heterocycles. The number of hydrazine groups is 1. The first-order valence-electron chi connectivity index (χ1n) is 5.10. The van der Waals surface area contributed by atoms with Gasteiger partial charge in [-0.15, -0.1) is 5.10 Å². The Kier molecular flexibility index (Phi) is 2.87. The zero-order valence-corrected chi connectivity index (χ0v) is 9.44. The summed E-state index contributed by atoms with van der Waals surface area (Å²) >= 11 is 0. The smallest absolute Gasteiger partial charge is 0.162 e. The van der Waals surface area contributed by atoms with Crippen LogP contribution in [0, 0.1) is 6.92 Å². The van der Waals surface area contributed by atoms with Crippen molar-refractivity contribution in [3.8, 4) is 0 Å². The fourth-order valence-corrected chi connectivity index (χ4v) is 1.68. The molecule has 2 rings (SSSR count). The van der Waals surface area contributed by atoms with Crippen molar-refractivity contribution in [2.24, 2.45) is 12.9 Å². The first kappa shape index (κ1) is 10.6. The van der Waals surface area contributed by atoms with Crippen molar-refractivity contribution < 1.29 is 0 Å². The number of aryl methyl sites for hydroxylation is 2. The summed E-state index contributed by atoms with van der Waals surface area (Å²) < 4.78 is 2.10. The molecule has 0 unspecified atom stereocenters. The summed E-state index contributed by atoms with van der Waals surface area (Å²) in [7, 11) is 2.03. The van der Waals surface area contributed by atoms with E-state index in [0.29, 0.717) is 5.82 Å². The van der Waals surface area contributed by atoms with Crippen LogP contribution in [0.15, 0.2) is 24.4 Å². The Hall–Kier alpha value is -1.88. The molecule has 0 atom stereocenters. The number of nitrogen functional groups attached to an aromatic ring is 1. The molecule has 0 aliphatic heterocycles. The highest BCUT2D eigenvalue weighted by atomic mass is 15.3. The number of aromatic nitrogens is 3. The van der Waals surface area contributed by atoms with Gasteiger partial charge in [-0.3, -0.25) is 0 Å². The zero-order chi connectivity index (χ0) is 11.5. The summed E-state index contributed by atoms with van der Waals surface area (Å²) in [6.07, 6.45) is 2.88. The molecule has 3 N–H and O–H groups in total. The lowest BCUT2D eigenvalue weighted by molar-refractivity contribution is 0.825. The number of anilines is 1. The minimum atomic E-state index is 0.576. The zero-order valence-electron chi connectivity index (χ0n) is 9.44. The van der Waals surface area contributed by atoms with Gasteiger partial charge in [0.15, 0.2) is 5.82 Å². The van der Waals surface area contributed by atoms with Gasteiger partial charge in [-0.05, 0) is 30.7 Å². The Labute approximate surface area is 94.3 Å². The van der Waals surface area contributed by atoms with Gasteiger partial charge >= 0.3 is 0 Å². The van der Waals surface area contributed by atoms with E-state index in [-0.39, 0.29) is 0 Å². The second kappa shape index (κ2) is 4.32. The summed E-state index contributed by atoms with van der Waals surface area (Å²) in [4.78, 5) is 0. The molecule has 2 heterocycles. The van der Waals surface area contributed by atoms with Crippen LogP contribution < -0.4 is 11.3 Å². The molecule has 0 aromatic carbocycles. The molecule has 16 heavy (non-hydrogen) atoms. The highest BCUT2D eigenvalue weighted by molar-refractivity contribution is 5.32. The van der Waals surface area contributed by atoms with Crippen LogP contribution in [0.1, 0.15) is 17.0 Å². The summed E-state index contributed by atoms with van der Waals surface area (Å²) in [5.41, 5.74) is 5.86. The van der Waals surface area contributed by atoms with Crippen LogP contribution in [0.5, 0.6) is 0 Å². The molecule has 5 heteroatoms. The highest BCUT2D eigenvalue weighted by Crippen LogP contribution is 2.11. The number of nitrogens with zero attached hydrogens (tertiary/aromatic N) is 3. The van der Waals surface area contributed by atoms with E-state index in [1.165, 1.54) is 11.3 Å². The lowest BCUT2D eigenvalue weighted by Gasteiger charge is -2.03. The Morgan fingerprint density at radius 1 is 1.38 bits per heavy atom. The Balaban J connectivity index is 2.17. The topological polar surface area (TPSA) is 68.8 Å². The van der Waals surface area contributed by atoms with E-state index in [0.717, 1.165) is 12.1 Å². The molecule has 0 amide bonds. The molecule has 0 spiro atoms. The number of nitrogens with two attached hydrogens (primary N) is 1. The number of nitrogens with one attached hydrogen (secondary N) is 1. The molecular formula is C11H15N5. The maximum absolute atomic E-state index is 5.22. The molecule has 0 radical (unpaired) electrons. The van der Waals surface area contributed by atoms with E-state index in [1.54, 1.807) is 0 Å². The van der Waals surface area contributed by atoms with Gasteiger partial charge in [0.05, 0.1) is 5.69 Å². The molecule has 84 valence electrons. The first-order chi connectivity index (χ1) is 7.69. The van der Waals surface area contributed by atoms with Crippen LogP contribution in [-0.4, -0.2) is 14.8 Å². The minimum Gasteiger partial charge on any atom is -0.354 e. The standard InChI is InChI=1S/C11H15N5/c1-8-5-10(16(2)7-8)6-9-3-4-11(13-12)15-14-9/h3-5,7H,6,12H2,1-2H3,(H,13,15). The van der Waals surface area contributed by atoms with Crippen LogP contribution in [0.25, 0.3) is 0 Å². The van der Waals surface area contributed by atoms with Crippen LogP contribution >= 0.6 is 0 Å². The fourth-order valence-electron chi connectivity index (χ4n) is 1.68. The maximum atomic E-state index is 5.22. The molecule has 0 fully saturated rings. The van der Waals surface area contributed by atoms with E-state index in [1.807, 2.05) is 19.2 Å². The monoisotopic (exact) mass is 217 g/mol. The van der Waals surface area contributed by atoms with Gasteiger partial charge in [0.2, 0.25) is 0 Å². The predicted molar refractivity (Wildman–Crippen MR) is 62.8 cm³/mol. The van der Waals surface area contributed by atoms with Crippen molar-refractivity contribution in [1.29, 1.82) is 0 Å². The summed E-state index contributed by atoms with van der Waals surface area (Å²) in [5.74, 6) is 5.80. The van der Waals surface area contributed by atoms with Crippen molar-refractivity contribution in [2.45, 2.75) is 13.3 Å². The first-order valence-corrected chi connectivity index (χ1v) is 5.10. The average molecular weight is 217 g/mol. The SMILES string of the molecule is Cc1cc(Cc2ccc(NN)nn2)n(C)c1. The molecule has 2 aromatic rings. The van der Waals surface area contributed by atoms with Crippen LogP contribution in [0.2, 0.25) is 0 Å². The quantitative estimate of drug-likeness (QED) is 0.594. The van der Waals surface area contributed by atoms with E-state index < -0.39 is 0 Å². The third-order valence-electron chi connectivity index (χ3n) is 2.47. The Morgan fingerprint density at radius 2 is 2.19 bits per heavy atom. The van der Waals surface area contributed by atoms with Crippen molar-refractivity contribution in [2.75, 3.05) is 5.43 Å². The number of hydrogen-bond acceptors (Lipinski definition) is 4. The molecule has 0 saturated carbocycles. The van der Waals surface area contributed by atoms with Gasteiger partial charge in [0, 0.05) is 25.4 Å². The molecular weight excluding hydrogens is 202 g/mol. The maximum Gasteiger partial charge on any atom is 0.162 e. The third-order valence-corrected chi connectivity index (χ3v) is 2.47. The third kappa shape index (κ3) is 2.20. The molecule has 5 nitrogen and oxygen atoms in total. The minimum absolute atomic E-state index is 0.576. The molecule has 0 aliphatic carbocycles. The fraction of sp³-hybridized carbons (Fsp3) is 0.273. The van der Waals surface area contributed by atoms with E-state index >= 15 is 0 Å². The van der Waals surface area contributed by atoms with Crippen molar-refractivity contribution in [3.63, 3.8) is 0 Å². The van der Waals surface area contributed by atoms with Crippen LogP contribution in [0.3, 0.4) is 0 Å². The Bertz CT molecular complexity index is 472. The summed E-state index contributed by atoms with van der Waals surface area (Å²) in [6, 6.07) is 5.89. The van der Waals surface area contributed by atoms with Crippen molar-refractivity contribution in [1.82, 2.24) is 14.8 Å². The number of rotatable bonds is 3. The van der Waals surface area contributed by atoms with Gasteiger partial charge < -0.3 is 9.99 Å². The van der Waals surface area contributed by atoms with Gasteiger partial charge in [-0.2, -0.15) is 5.10 Å². The number of hydrogen-bond donors (Lipinski definition) is 2. The van der Waals surface area contributed by atoms with Crippen LogP contribution in [-0.2, 0) is 13.5 Å². The summed E-state index contributed by atoms with van der Waals surface area (Å²) in [6.45, 7) is 2.08. The van der Waals surface area contributed by atoms with Crippen molar-refractivity contribution >= 4 is 5.82 Å². The normalized spacial score (nSPS) is 10.4. The largest absolute Gasteiger partial charge is 0.354 e. The molecule has 2 aromatic heterocycles. The van der Waals surface area contributed by atoms with E-state index in [9.17, 15) is 0 Å². The molecule has 0 bridgehead atoms. The van der Waals surface area contributed by atoms with Gasteiger partial charge in [-0.1, -0.05) is 0 Å². The van der Waals surface area contributed by atoms with Gasteiger partial charge in [0.1, 0.15) is 0 Å². The van der Waals surface area contributed by atoms with E-state index in [2.05, 4.69) is 39.4 Å².